The van der Waals surface area contributed by atoms with E-state index in [1.54, 1.807) is 18.0 Å². The van der Waals surface area contributed by atoms with Crippen LogP contribution in [-0.2, 0) is 4.79 Å². The SMILES string of the molecule is CN1CCC(NC(=O)c2cccc(Br)c2F)C1=O. The Morgan fingerprint density at radius 2 is 2.28 bits per heavy atom. The highest BCUT2D eigenvalue weighted by Gasteiger charge is 2.31. The van der Waals surface area contributed by atoms with Gasteiger partial charge in [0.05, 0.1) is 10.0 Å². The van der Waals surface area contributed by atoms with Gasteiger partial charge in [-0.15, -0.1) is 0 Å². The maximum absolute atomic E-state index is 13.7. The van der Waals surface area contributed by atoms with Gasteiger partial charge in [-0.1, -0.05) is 6.07 Å². The fourth-order valence-electron chi connectivity index (χ4n) is 1.87. The van der Waals surface area contributed by atoms with Crippen LogP contribution in [0.1, 0.15) is 16.8 Å². The first-order valence-electron chi connectivity index (χ1n) is 5.50. The number of benzene rings is 1. The van der Waals surface area contributed by atoms with Crippen molar-refractivity contribution in [3.8, 4) is 0 Å². The summed E-state index contributed by atoms with van der Waals surface area (Å²) in [6, 6.07) is 3.92. The van der Waals surface area contributed by atoms with Crippen LogP contribution in [0.25, 0.3) is 0 Å². The summed E-state index contributed by atoms with van der Waals surface area (Å²) < 4.78 is 13.9. The molecule has 1 aromatic rings. The first-order chi connectivity index (χ1) is 8.50. The minimum atomic E-state index is -0.617. The number of hydrogen-bond donors (Lipinski definition) is 1. The fraction of sp³-hybridized carbons (Fsp3) is 0.333. The first-order valence-corrected chi connectivity index (χ1v) is 6.30. The van der Waals surface area contributed by atoms with Crippen LogP contribution in [0.2, 0.25) is 0 Å². The summed E-state index contributed by atoms with van der Waals surface area (Å²) in [5, 5.41) is 2.55. The summed E-state index contributed by atoms with van der Waals surface area (Å²) >= 11 is 3.02. The molecule has 0 aromatic heterocycles. The van der Waals surface area contributed by atoms with Crippen LogP contribution < -0.4 is 5.32 Å². The van der Waals surface area contributed by atoms with Gasteiger partial charge < -0.3 is 10.2 Å². The normalized spacial score (nSPS) is 19.2. The topological polar surface area (TPSA) is 49.4 Å². The highest BCUT2D eigenvalue weighted by atomic mass is 79.9. The Kier molecular flexibility index (Phi) is 3.65. The molecule has 0 spiro atoms. The Bertz CT molecular complexity index is 507. The number of likely N-dealkylation sites (N-methyl/N-ethyl adjacent to an activating group) is 1. The molecule has 1 heterocycles. The predicted octanol–water partition coefficient (Wildman–Crippen LogP) is 1.55. The first kappa shape index (κ1) is 13.0. The van der Waals surface area contributed by atoms with Gasteiger partial charge in [-0.05, 0) is 34.5 Å². The second-order valence-corrected chi connectivity index (χ2v) is 5.03. The second kappa shape index (κ2) is 5.06. The summed E-state index contributed by atoms with van der Waals surface area (Å²) in [7, 11) is 1.67. The number of rotatable bonds is 2. The zero-order valence-electron chi connectivity index (χ0n) is 9.74. The van der Waals surface area contributed by atoms with Crippen molar-refractivity contribution < 1.29 is 14.0 Å². The number of likely N-dealkylation sites (tertiary alicyclic amines) is 1. The van der Waals surface area contributed by atoms with E-state index in [1.807, 2.05) is 0 Å². The molecule has 0 saturated carbocycles. The van der Waals surface area contributed by atoms with Crippen LogP contribution >= 0.6 is 15.9 Å². The Balaban J connectivity index is 2.13. The van der Waals surface area contributed by atoms with Crippen LogP contribution in [0.4, 0.5) is 4.39 Å². The molecule has 18 heavy (non-hydrogen) atoms. The molecule has 0 bridgehead atoms. The second-order valence-electron chi connectivity index (χ2n) is 4.18. The molecule has 1 aromatic carbocycles. The molecule has 1 aliphatic rings. The third-order valence-corrected chi connectivity index (χ3v) is 3.54. The molecule has 1 atom stereocenters. The zero-order valence-corrected chi connectivity index (χ0v) is 11.3. The molecule has 6 heteroatoms. The van der Waals surface area contributed by atoms with Gasteiger partial charge in [0.2, 0.25) is 5.91 Å². The lowest BCUT2D eigenvalue weighted by Crippen LogP contribution is -2.40. The summed E-state index contributed by atoms with van der Waals surface area (Å²) in [5.74, 6) is -1.32. The standard InChI is InChI=1S/C12H12BrFN2O2/c1-16-6-5-9(12(16)18)15-11(17)7-3-2-4-8(13)10(7)14/h2-4,9H,5-6H2,1H3,(H,15,17). The highest BCUT2D eigenvalue weighted by Crippen LogP contribution is 2.19. The smallest absolute Gasteiger partial charge is 0.254 e. The van der Waals surface area contributed by atoms with Crippen molar-refractivity contribution >= 4 is 27.7 Å². The lowest BCUT2D eigenvalue weighted by molar-refractivity contribution is -0.128. The van der Waals surface area contributed by atoms with Crippen molar-refractivity contribution in [1.82, 2.24) is 10.2 Å². The largest absolute Gasteiger partial charge is 0.344 e. The number of carbonyl (C=O) groups excluding carboxylic acids is 2. The molecular weight excluding hydrogens is 303 g/mol. The Labute approximate surface area is 112 Å². The molecule has 1 N–H and O–H groups in total. The van der Waals surface area contributed by atoms with Gasteiger partial charge in [0.25, 0.3) is 5.91 Å². The van der Waals surface area contributed by atoms with Gasteiger partial charge in [-0.3, -0.25) is 9.59 Å². The molecule has 2 rings (SSSR count). The Morgan fingerprint density at radius 1 is 1.56 bits per heavy atom. The molecular formula is C12H12BrFN2O2. The van der Waals surface area contributed by atoms with Crippen LogP contribution in [-0.4, -0.2) is 36.3 Å². The molecule has 2 amide bonds. The zero-order chi connectivity index (χ0) is 13.3. The van der Waals surface area contributed by atoms with Crippen molar-refractivity contribution in [3.05, 3.63) is 34.1 Å². The van der Waals surface area contributed by atoms with E-state index >= 15 is 0 Å². The van der Waals surface area contributed by atoms with Crippen LogP contribution in [0.5, 0.6) is 0 Å². The van der Waals surface area contributed by atoms with Gasteiger partial charge in [0.15, 0.2) is 0 Å². The van der Waals surface area contributed by atoms with Gasteiger partial charge in [-0.25, -0.2) is 4.39 Å². The van der Waals surface area contributed by atoms with E-state index in [9.17, 15) is 14.0 Å². The summed E-state index contributed by atoms with van der Waals surface area (Å²) in [5.41, 5.74) is -0.0632. The predicted molar refractivity (Wildman–Crippen MR) is 67.6 cm³/mol. The molecule has 1 saturated heterocycles. The van der Waals surface area contributed by atoms with Crippen molar-refractivity contribution in [2.24, 2.45) is 0 Å². The van der Waals surface area contributed by atoms with E-state index in [-0.39, 0.29) is 15.9 Å². The monoisotopic (exact) mass is 314 g/mol. The van der Waals surface area contributed by atoms with Crippen molar-refractivity contribution in [1.29, 1.82) is 0 Å². The van der Waals surface area contributed by atoms with Gasteiger partial charge in [0, 0.05) is 13.6 Å². The van der Waals surface area contributed by atoms with Crippen LogP contribution in [0.15, 0.2) is 22.7 Å². The average molecular weight is 315 g/mol. The molecule has 96 valence electrons. The quantitative estimate of drug-likeness (QED) is 0.900. The third-order valence-electron chi connectivity index (χ3n) is 2.93. The van der Waals surface area contributed by atoms with E-state index in [4.69, 9.17) is 0 Å². The van der Waals surface area contributed by atoms with Gasteiger partial charge in [-0.2, -0.15) is 0 Å². The Morgan fingerprint density at radius 3 is 2.89 bits per heavy atom. The summed E-state index contributed by atoms with van der Waals surface area (Å²) in [4.78, 5) is 25.1. The fourth-order valence-corrected chi connectivity index (χ4v) is 2.24. The van der Waals surface area contributed by atoms with E-state index in [2.05, 4.69) is 21.2 Å². The summed E-state index contributed by atoms with van der Waals surface area (Å²) in [6.07, 6.45) is 0.552. The molecule has 1 aliphatic heterocycles. The van der Waals surface area contributed by atoms with Gasteiger partial charge >= 0.3 is 0 Å². The highest BCUT2D eigenvalue weighted by molar-refractivity contribution is 9.10. The lowest BCUT2D eigenvalue weighted by Gasteiger charge is -2.12. The minimum Gasteiger partial charge on any atom is -0.344 e. The molecule has 0 radical (unpaired) electrons. The maximum Gasteiger partial charge on any atom is 0.254 e. The number of nitrogens with one attached hydrogen (secondary N) is 1. The number of hydrogen-bond acceptors (Lipinski definition) is 2. The number of halogens is 2. The maximum atomic E-state index is 13.7. The van der Waals surface area contributed by atoms with Crippen LogP contribution in [0.3, 0.4) is 0 Å². The van der Waals surface area contributed by atoms with Crippen molar-refractivity contribution in [2.75, 3.05) is 13.6 Å². The summed E-state index contributed by atoms with van der Waals surface area (Å²) in [6.45, 7) is 0.602. The van der Waals surface area contributed by atoms with Crippen molar-refractivity contribution in [3.63, 3.8) is 0 Å². The van der Waals surface area contributed by atoms with E-state index < -0.39 is 17.8 Å². The minimum absolute atomic E-state index is 0.0632. The number of nitrogens with zero attached hydrogens (tertiary/aromatic N) is 1. The van der Waals surface area contributed by atoms with E-state index in [1.165, 1.54) is 12.1 Å². The van der Waals surface area contributed by atoms with Crippen molar-refractivity contribution in [2.45, 2.75) is 12.5 Å². The number of carbonyl (C=O) groups is 2. The average Bonchev–Trinajstić information content (AvgIpc) is 2.64. The number of amides is 2. The van der Waals surface area contributed by atoms with Crippen LogP contribution in [0, 0.1) is 5.82 Å². The molecule has 0 aliphatic carbocycles. The van der Waals surface area contributed by atoms with Gasteiger partial charge in [0.1, 0.15) is 11.9 Å². The van der Waals surface area contributed by atoms with E-state index in [0.29, 0.717) is 13.0 Å². The molecule has 4 nitrogen and oxygen atoms in total. The lowest BCUT2D eigenvalue weighted by atomic mass is 10.1. The molecule has 1 fully saturated rings. The Hall–Kier alpha value is -1.43. The molecule has 1 unspecified atom stereocenters. The third kappa shape index (κ3) is 2.38. The van der Waals surface area contributed by atoms with E-state index in [0.717, 1.165) is 0 Å².